The van der Waals surface area contributed by atoms with Crippen LogP contribution in [0.3, 0.4) is 0 Å². The van der Waals surface area contributed by atoms with Crippen molar-refractivity contribution in [2.24, 2.45) is 5.41 Å². The Labute approximate surface area is 131 Å². The number of likely N-dealkylation sites (tertiary alicyclic amines) is 1. The number of pyridine rings is 1. The highest BCUT2D eigenvalue weighted by Crippen LogP contribution is 2.42. The molecule has 5 heteroatoms. The second kappa shape index (κ2) is 5.54. The van der Waals surface area contributed by atoms with E-state index in [-0.39, 0.29) is 6.04 Å². The van der Waals surface area contributed by atoms with Gasteiger partial charge in [0.2, 0.25) is 0 Å². The molecule has 0 bridgehead atoms. The van der Waals surface area contributed by atoms with Crippen molar-refractivity contribution in [3.63, 3.8) is 0 Å². The van der Waals surface area contributed by atoms with Gasteiger partial charge in [-0.15, -0.1) is 0 Å². The van der Waals surface area contributed by atoms with Crippen LogP contribution in [-0.2, 0) is 4.79 Å². The lowest BCUT2D eigenvalue weighted by molar-refractivity contribution is -0.158. The van der Waals surface area contributed by atoms with Crippen LogP contribution in [0.4, 0.5) is 5.82 Å². The number of carbonyl (C=O) groups is 1. The Balaban J connectivity index is 1.89. The molecule has 2 atom stereocenters. The van der Waals surface area contributed by atoms with Gasteiger partial charge >= 0.3 is 5.97 Å². The molecule has 0 radical (unpaired) electrons. The standard InChI is InChI=1S/C17H25N3O2/c1-12-9-13(2)18-15(10-12)20-8-6-17(16(21)22)5-4-7-19(3)14(17)11-20/h9-10,14H,4-8,11H2,1-3H3,(H,21,22)/t14-,17-/m0/s1. The van der Waals surface area contributed by atoms with E-state index in [1.54, 1.807) is 0 Å². The maximum absolute atomic E-state index is 11.9. The maximum atomic E-state index is 11.9. The molecule has 120 valence electrons. The van der Waals surface area contributed by atoms with Crippen molar-refractivity contribution in [1.82, 2.24) is 9.88 Å². The topological polar surface area (TPSA) is 56.7 Å². The van der Waals surface area contributed by atoms with Crippen molar-refractivity contribution in [3.05, 3.63) is 23.4 Å². The van der Waals surface area contributed by atoms with Gasteiger partial charge in [0.15, 0.2) is 0 Å². The molecule has 0 aliphatic carbocycles. The molecular weight excluding hydrogens is 278 g/mol. The first-order valence-corrected chi connectivity index (χ1v) is 8.06. The molecule has 0 unspecified atom stereocenters. The predicted octanol–water partition coefficient (Wildman–Crippen LogP) is 2.07. The van der Waals surface area contributed by atoms with Crippen LogP contribution >= 0.6 is 0 Å². The number of hydrogen-bond acceptors (Lipinski definition) is 4. The highest BCUT2D eigenvalue weighted by molar-refractivity contribution is 5.76. The van der Waals surface area contributed by atoms with Gasteiger partial charge in [-0.05, 0) is 64.4 Å². The predicted molar refractivity (Wildman–Crippen MR) is 86.3 cm³/mol. The SMILES string of the molecule is Cc1cc(C)nc(N2CC[C@@]3(C(=O)O)CCCN(C)[C@H]3C2)c1. The lowest BCUT2D eigenvalue weighted by Crippen LogP contribution is -2.63. The number of piperidine rings is 2. The van der Waals surface area contributed by atoms with Gasteiger partial charge in [0, 0.05) is 24.8 Å². The number of nitrogens with zero attached hydrogens (tertiary/aromatic N) is 3. The molecule has 1 aromatic rings. The summed E-state index contributed by atoms with van der Waals surface area (Å²) in [7, 11) is 2.06. The third-order valence-electron chi connectivity index (χ3n) is 5.36. The quantitative estimate of drug-likeness (QED) is 0.906. The highest BCUT2D eigenvalue weighted by atomic mass is 16.4. The summed E-state index contributed by atoms with van der Waals surface area (Å²) in [6.07, 6.45) is 2.47. The summed E-state index contributed by atoms with van der Waals surface area (Å²) >= 11 is 0. The second-order valence-corrected chi connectivity index (χ2v) is 6.90. The molecule has 1 aromatic heterocycles. The van der Waals surface area contributed by atoms with Crippen molar-refractivity contribution < 1.29 is 9.90 Å². The van der Waals surface area contributed by atoms with Gasteiger partial charge in [-0.3, -0.25) is 4.79 Å². The van der Waals surface area contributed by atoms with Crippen molar-refractivity contribution in [1.29, 1.82) is 0 Å². The molecule has 0 saturated carbocycles. The van der Waals surface area contributed by atoms with Crippen LogP contribution < -0.4 is 4.90 Å². The number of likely N-dealkylation sites (N-methyl/N-ethyl adjacent to an activating group) is 1. The Morgan fingerprint density at radius 2 is 2.09 bits per heavy atom. The van der Waals surface area contributed by atoms with Gasteiger partial charge in [0.1, 0.15) is 5.82 Å². The van der Waals surface area contributed by atoms with Gasteiger partial charge in [-0.2, -0.15) is 0 Å². The monoisotopic (exact) mass is 303 g/mol. The molecule has 2 aliphatic rings. The van der Waals surface area contributed by atoms with Crippen LogP contribution in [0, 0.1) is 19.3 Å². The number of aromatic nitrogens is 1. The zero-order valence-corrected chi connectivity index (χ0v) is 13.7. The van der Waals surface area contributed by atoms with Crippen LogP contribution in [0.1, 0.15) is 30.5 Å². The number of hydrogen-bond donors (Lipinski definition) is 1. The maximum Gasteiger partial charge on any atom is 0.311 e. The number of rotatable bonds is 2. The first-order chi connectivity index (χ1) is 10.4. The number of aliphatic carboxylic acids is 1. The zero-order chi connectivity index (χ0) is 15.9. The summed E-state index contributed by atoms with van der Waals surface area (Å²) in [5.74, 6) is 0.354. The van der Waals surface area contributed by atoms with Crippen molar-refractivity contribution >= 4 is 11.8 Å². The van der Waals surface area contributed by atoms with Crippen LogP contribution in [-0.4, -0.2) is 53.7 Å². The molecule has 2 saturated heterocycles. The third-order valence-corrected chi connectivity index (χ3v) is 5.36. The Bertz CT molecular complexity index is 569. The summed E-state index contributed by atoms with van der Waals surface area (Å²) in [4.78, 5) is 21.1. The summed E-state index contributed by atoms with van der Waals surface area (Å²) in [5, 5.41) is 9.83. The molecule has 2 aliphatic heterocycles. The van der Waals surface area contributed by atoms with Gasteiger partial charge in [-0.1, -0.05) is 0 Å². The molecule has 5 nitrogen and oxygen atoms in total. The molecule has 1 N–H and O–H groups in total. The summed E-state index contributed by atoms with van der Waals surface area (Å²) in [5.41, 5.74) is 1.64. The van der Waals surface area contributed by atoms with Crippen LogP contribution in [0.15, 0.2) is 12.1 Å². The first kappa shape index (κ1) is 15.3. The van der Waals surface area contributed by atoms with Crippen LogP contribution in [0.25, 0.3) is 0 Å². The zero-order valence-electron chi connectivity index (χ0n) is 13.7. The lowest BCUT2D eigenvalue weighted by atomic mass is 9.68. The first-order valence-electron chi connectivity index (χ1n) is 8.06. The molecular formula is C17H25N3O2. The molecule has 0 amide bonds. The second-order valence-electron chi connectivity index (χ2n) is 6.90. The third kappa shape index (κ3) is 2.47. The Morgan fingerprint density at radius 3 is 2.77 bits per heavy atom. The van der Waals surface area contributed by atoms with E-state index in [4.69, 9.17) is 0 Å². The normalized spacial score (nSPS) is 29.2. The minimum absolute atomic E-state index is 0.0649. The van der Waals surface area contributed by atoms with E-state index in [1.807, 2.05) is 6.92 Å². The highest BCUT2D eigenvalue weighted by Gasteiger charge is 2.52. The molecule has 2 fully saturated rings. The van der Waals surface area contributed by atoms with Crippen molar-refractivity contribution in [2.45, 2.75) is 39.2 Å². The largest absolute Gasteiger partial charge is 0.481 e. The number of fused-ring (bicyclic) bond motifs is 1. The fourth-order valence-corrected chi connectivity index (χ4v) is 4.17. The Hall–Kier alpha value is -1.62. The van der Waals surface area contributed by atoms with Crippen molar-refractivity contribution in [3.8, 4) is 0 Å². The van der Waals surface area contributed by atoms with E-state index in [0.717, 1.165) is 44.0 Å². The molecule has 3 rings (SSSR count). The summed E-state index contributed by atoms with van der Waals surface area (Å²) in [6.45, 7) is 6.59. The van der Waals surface area contributed by atoms with Gasteiger partial charge in [0.25, 0.3) is 0 Å². The minimum atomic E-state index is -0.628. The van der Waals surface area contributed by atoms with Gasteiger partial charge in [0.05, 0.1) is 5.41 Å². The average molecular weight is 303 g/mol. The number of aryl methyl sites for hydroxylation is 2. The van der Waals surface area contributed by atoms with Gasteiger partial charge < -0.3 is 14.9 Å². The molecule has 0 spiro atoms. The van der Waals surface area contributed by atoms with Crippen LogP contribution in [0.2, 0.25) is 0 Å². The fourth-order valence-electron chi connectivity index (χ4n) is 4.17. The summed E-state index contributed by atoms with van der Waals surface area (Å²) < 4.78 is 0. The lowest BCUT2D eigenvalue weighted by Gasteiger charge is -2.52. The van der Waals surface area contributed by atoms with E-state index < -0.39 is 11.4 Å². The minimum Gasteiger partial charge on any atom is -0.481 e. The smallest absolute Gasteiger partial charge is 0.311 e. The van der Waals surface area contributed by atoms with Crippen LogP contribution in [0.5, 0.6) is 0 Å². The van der Waals surface area contributed by atoms with E-state index in [1.165, 1.54) is 5.56 Å². The van der Waals surface area contributed by atoms with Crippen molar-refractivity contribution in [2.75, 3.05) is 31.6 Å². The number of anilines is 1. The average Bonchev–Trinajstić information content (AvgIpc) is 2.46. The van der Waals surface area contributed by atoms with E-state index >= 15 is 0 Å². The number of carboxylic acid groups (broad SMARTS) is 1. The Morgan fingerprint density at radius 1 is 1.32 bits per heavy atom. The molecule has 0 aromatic carbocycles. The number of carboxylic acids is 1. The fraction of sp³-hybridized carbons (Fsp3) is 0.647. The van der Waals surface area contributed by atoms with E-state index in [2.05, 4.69) is 40.9 Å². The molecule has 3 heterocycles. The van der Waals surface area contributed by atoms with Gasteiger partial charge in [-0.25, -0.2) is 4.98 Å². The van der Waals surface area contributed by atoms with E-state index in [0.29, 0.717) is 6.42 Å². The molecule has 22 heavy (non-hydrogen) atoms. The van der Waals surface area contributed by atoms with E-state index in [9.17, 15) is 9.90 Å². The summed E-state index contributed by atoms with van der Waals surface area (Å²) in [6, 6.07) is 4.24. The Kier molecular flexibility index (Phi) is 3.85.